The lowest BCUT2D eigenvalue weighted by molar-refractivity contribution is -0.144. The highest BCUT2D eigenvalue weighted by Gasteiger charge is 2.41. The Kier molecular flexibility index (Phi) is 11.2. The van der Waals surface area contributed by atoms with Crippen molar-refractivity contribution >= 4 is 43.6 Å². The molecule has 0 aliphatic carbocycles. The molecule has 0 unspecified atom stereocenters. The van der Waals surface area contributed by atoms with Gasteiger partial charge in [-0.1, -0.05) is 66.7 Å². The topological polar surface area (TPSA) is 57.4 Å². The van der Waals surface area contributed by atoms with E-state index in [1.54, 1.807) is 63.7 Å². The Labute approximate surface area is 406 Å². The fraction of sp³-hybridized carbons (Fsp3) is 0.0909. The normalized spacial score (nSPS) is 12.8. The number of hydrogen-bond acceptors (Lipinski definition) is 2. The van der Waals surface area contributed by atoms with Crippen molar-refractivity contribution in [3.05, 3.63) is 191 Å². The van der Waals surface area contributed by atoms with E-state index in [0.29, 0.717) is 52.1 Å². The number of nitriles is 2. The molecule has 0 saturated heterocycles. The van der Waals surface area contributed by atoms with Gasteiger partial charge in [-0.3, -0.25) is 0 Å². The van der Waals surface area contributed by atoms with E-state index in [1.165, 1.54) is 48.5 Å². The smallest absolute Gasteiger partial charge is 0.307 e. The first-order valence-electron chi connectivity index (χ1n) is 21.6. The van der Waals surface area contributed by atoms with E-state index >= 15 is 0 Å². The lowest BCUT2D eigenvalue weighted by atomic mass is 9.92. The summed E-state index contributed by atoms with van der Waals surface area (Å²) < 4.78 is 217. The van der Waals surface area contributed by atoms with Crippen LogP contribution in [-0.2, 0) is 30.9 Å². The molecule has 2 aromatic heterocycles. The first-order valence-corrected chi connectivity index (χ1v) is 21.6. The lowest BCUT2D eigenvalue weighted by Gasteiger charge is -2.21. The number of aromatic nitrogens is 2. The van der Waals surface area contributed by atoms with Crippen molar-refractivity contribution < 1.29 is 65.9 Å². The second-order valence-electron chi connectivity index (χ2n) is 17.0. The Bertz CT molecular complexity index is 4040. The monoisotopic (exact) mass is 1030 g/mol. The molecule has 0 aliphatic rings. The lowest BCUT2D eigenvalue weighted by Crippen LogP contribution is -2.12. The molecule has 0 atom stereocenters. The van der Waals surface area contributed by atoms with E-state index < -0.39 is 75.4 Å². The molecule has 0 saturated carbocycles. The highest BCUT2D eigenvalue weighted by Crippen LogP contribution is 2.48. The fourth-order valence-corrected chi connectivity index (χ4v) is 9.55. The molecule has 10 rings (SSSR count). The molecule has 8 aromatic carbocycles. The zero-order chi connectivity index (χ0) is 53.0. The molecule has 0 spiro atoms. The van der Waals surface area contributed by atoms with Gasteiger partial charge < -0.3 is 9.13 Å². The quantitative estimate of drug-likeness (QED) is 0.161. The molecule has 0 aliphatic heterocycles. The van der Waals surface area contributed by atoms with Crippen LogP contribution in [0.1, 0.15) is 38.9 Å². The minimum absolute atomic E-state index is 0.000824. The number of alkyl halides is 15. The average molecular weight is 1030 g/mol. The van der Waals surface area contributed by atoms with E-state index in [9.17, 15) is 76.4 Å². The van der Waals surface area contributed by atoms with Crippen LogP contribution >= 0.6 is 0 Å². The predicted octanol–water partition coefficient (Wildman–Crippen LogP) is 17.7. The summed E-state index contributed by atoms with van der Waals surface area (Å²) in [7, 11) is 0. The summed E-state index contributed by atoms with van der Waals surface area (Å²) in [5.74, 6) is 0. The number of hydrogen-bond donors (Lipinski definition) is 0. The van der Waals surface area contributed by atoms with Crippen LogP contribution in [0.3, 0.4) is 0 Å². The van der Waals surface area contributed by atoms with Gasteiger partial charge in [0, 0.05) is 27.1 Å². The Morgan fingerprint density at radius 2 is 0.730 bits per heavy atom. The molecule has 2 heterocycles. The van der Waals surface area contributed by atoms with Crippen molar-refractivity contribution in [2.75, 3.05) is 0 Å². The summed E-state index contributed by atoms with van der Waals surface area (Å²) in [5.41, 5.74) is -9.43. The highest BCUT2D eigenvalue weighted by atomic mass is 19.4. The zero-order valence-corrected chi connectivity index (χ0v) is 36.9. The van der Waals surface area contributed by atoms with Gasteiger partial charge in [-0.15, -0.1) is 0 Å². The van der Waals surface area contributed by atoms with Crippen LogP contribution in [0.5, 0.6) is 0 Å². The molecule has 4 nitrogen and oxygen atoms in total. The van der Waals surface area contributed by atoms with Gasteiger partial charge in [-0.2, -0.15) is 76.4 Å². The van der Waals surface area contributed by atoms with Crippen molar-refractivity contribution in [2.24, 2.45) is 0 Å². The molecule has 0 fully saturated rings. The Morgan fingerprint density at radius 1 is 0.324 bits per heavy atom. The van der Waals surface area contributed by atoms with Crippen LogP contribution in [0.4, 0.5) is 65.9 Å². The number of benzene rings is 8. The van der Waals surface area contributed by atoms with Crippen LogP contribution in [0.25, 0.3) is 88.4 Å². The van der Waals surface area contributed by atoms with Crippen LogP contribution in [0.2, 0.25) is 0 Å². The molecule has 74 heavy (non-hydrogen) atoms. The maximum atomic E-state index is 15.0. The van der Waals surface area contributed by atoms with Gasteiger partial charge >= 0.3 is 30.9 Å². The third-order valence-corrected chi connectivity index (χ3v) is 12.7. The van der Waals surface area contributed by atoms with Crippen molar-refractivity contribution in [1.29, 1.82) is 10.5 Å². The van der Waals surface area contributed by atoms with Gasteiger partial charge in [0.1, 0.15) is 0 Å². The Balaban J connectivity index is 1.30. The average Bonchev–Trinajstić information content (AvgIpc) is 3.86. The molecule has 0 amide bonds. The van der Waals surface area contributed by atoms with Crippen molar-refractivity contribution in [1.82, 2.24) is 9.13 Å². The van der Waals surface area contributed by atoms with E-state index in [-0.39, 0.29) is 73.1 Å². The molecule has 19 heteroatoms. The summed E-state index contributed by atoms with van der Waals surface area (Å²) in [5, 5.41) is 21.5. The number of fused-ring (bicyclic) bond motifs is 6. The number of nitrogens with zero attached hydrogens (tertiary/aromatic N) is 4. The van der Waals surface area contributed by atoms with Gasteiger partial charge in [0.15, 0.2) is 0 Å². The molecule has 0 N–H and O–H groups in total. The minimum atomic E-state index is -5.25. The third-order valence-electron chi connectivity index (χ3n) is 12.7. The zero-order valence-electron chi connectivity index (χ0n) is 36.9. The first-order chi connectivity index (χ1) is 34.8. The Hall–Kier alpha value is -8.71. The number of rotatable bonds is 5. The van der Waals surface area contributed by atoms with Gasteiger partial charge in [-0.05, 0) is 113 Å². The van der Waals surface area contributed by atoms with E-state index in [2.05, 4.69) is 0 Å². The van der Waals surface area contributed by atoms with Crippen LogP contribution < -0.4 is 0 Å². The molecule has 0 bridgehead atoms. The first kappa shape index (κ1) is 48.9. The summed E-state index contributed by atoms with van der Waals surface area (Å²) in [6, 6.07) is 31.9. The molecular formula is C55H25F15N4. The number of halogens is 15. The molecule has 10 aromatic rings. The van der Waals surface area contributed by atoms with Crippen LogP contribution in [0, 0.1) is 22.7 Å². The van der Waals surface area contributed by atoms with Crippen LogP contribution in [0.15, 0.2) is 152 Å². The maximum absolute atomic E-state index is 15.0. The van der Waals surface area contributed by atoms with Crippen molar-refractivity contribution in [3.8, 4) is 56.9 Å². The summed E-state index contributed by atoms with van der Waals surface area (Å²) in [6.45, 7) is 0. The van der Waals surface area contributed by atoms with Gasteiger partial charge in [0.2, 0.25) is 0 Å². The van der Waals surface area contributed by atoms with E-state index in [1.807, 2.05) is 6.07 Å². The summed E-state index contributed by atoms with van der Waals surface area (Å²) in [6.07, 6.45) is -25.8. The van der Waals surface area contributed by atoms with Crippen molar-refractivity contribution in [2.45, 2.75) is 30.9 Å². The Morgan fingerprint density at radius 3 is 1.15 bits per heavy atom. The second kappa shape index (κ2) is 16.9. The SMILES string of the molecule is N#Cc1ccc(-c2cc(-n3c4ccccc4c4cc(-c5ccc(C(F)(F)F)cc5C(F)(F)F)ccc43)c(-n3c4ccccc4c4cc(-c5ccc(C(F)(F)F)cc5C(F)(F)F)ccc43)cc2C#N)c(C(F)(F)F)c1. The van der Waals surface area contributed by atoms with Gasteiger partial charge in [0.25, 0.3) is 0 Å². The molecule has 0 radical (unpaired) electrons. The van der Waals surface area contributed by atoms with E-state index in [0.717, 1.165) is 12.1 Å². The third kappa shape index (κ3) is 8.27. The highest BCUT2D eigenvalue weighted by molar-refractivity contribution is 6.13. The fourth-order valence-electron chi connectivity index (χ4n) is 9.55. The van der Waals surface area contributed by atoms with Gasteiger partial charge in [0.05, 0.1) is 84.5 Å². The largest absolute Gasteiger partial charge is 0.417 e. The second-order valence-corrected chi connectivity index (χ2v) is 17.0. The number of para-hydroxylation sites is 2. The molecule has 370 valence electrons. The summed E-state index contributed by atoms with van der Waals surface area (Å²) >= 11 is 0. The summed E-state index contributed by atoms with van der Waals surface area (Å²) in [4.78, 5) is 0. The van der Waals surface area contributed by atoms with Crippen molar-refractivity contribution in [3.63, 3.8) is 0 Å². The standard InChI is InChI=1S/C55H25F15N4/c56-51(57,58)32-12-15-34(43(23-32)54(65,66)67)29-10-17-47-40(20-29)37-5-1-3-7-45(37)73(47)49-22-31(27-72)39(36-14-9-28(26-71)19-42(36)53(62,63)64)25-50(49)74-46-8-4-2-6-38(46)41-21-30(11-18-48(41)74)35-16-13-33(52(59,60)61)24-44(35)55(68,69)70/h1-25H. The molecular weight excluding hydrogens is 1000 g/mol. The predicted molar refractivity (Wildman–Crippen MR) is 246 cm³/mol. The maximum Gasteiger partial charge on any atom is 0.417 e. The van der Waals surface area contributed by atoms with E-state index in [4.69, 9.17) is 0 Å². The minimum Gasteiger partial charge on any atom is -0.307 e. The van der Waals surface area contributed by atoms with Gasteiger partial charge in [-0.25, -0.2) is 0 Å². The van der Waals surface area contributed by atoms with Crippen LogP contribution in [-0.4, -0.2) is 9.13 Å².